The first-order chi connectivity index (χ1) is 12.9. The lowest BCUT2D eigenvalue weighted by molar-refractivity contribution is 0.394. The van der Waals surface area contributed by atoms with Crippen LogP contribution in [0.15, 0.2) is 50.6 Å². The van der Waals surface area contributed by atoms with Crippen molar-refractivity contribution in [1.82, 2.24) is 13.9 Å². The molecule has 27 heavy (non-hydrogen) atoms. The number of hydrogen-bond acceptors (Lipinski definition) is 5. The molecule has 0 saturated heterocycles. The number of fused-ring (bicyclic) bond motifs is 1. The van der Waals surface area contributed by atoms with Gasteiger partial charge in [-0.05, 0) is 38.0 Å². The van der Waals surface area contributed by atoms with Gasteiger partial charge >= 0.3 is 5.76 Å². The van der Waals surface area contributed by atoms with Crippen molar-refractivity contribution >= 4 is 32.7 Å². The summed E-state index contributed by atoms with van der Waals surface area (Å²) in [4.78, 5) is 16.1. The molecule has 9 heteroatoms. The fourth-order valence-electron chi connectivity index (χ4n) is 3.11. The molecular formula is C18H18ClN3O4S. The van der Waals surface area contributed by atoms with E-state index in [2.05, 4.69) is 4.98 Å². The molecule has 1 saturated carbocycles. The summed E-state index contributed by atoms with van der Waals surface area (Å²) in [7, 11) is -3.88. The molecule has 1 aromatic carbocycles. The molecule has 0 atom stereocenters. The number of oxazole rings is 1. The van der Waals surface area contributed by atoms with Gasteiger partial charge in [-0.25, -0.2) is 13.2 Å². The summed E-state index contributed by atoms with van der Waals surface area (Å²) < 4.78 is 34.7. The van der Waals surface area contributed by atoms with Crippen LogP contribution in [-0.2, 0) is 23.1 Å². The standard InChI is InChI=1S/C18H18ClN3O4S/c1-2-21-15-9-14(19)17(10-16(15)26-18(21)23)27(24,25)22(13-6-7-13)11-12-5-3-4-8-20-12/h3-5,8-10,13H,2,6-7,11H2,1H3. The Hall–Kier alpha value is -2.16. The molecule has 2 heterocycles. The van der Waals surface area contributed by atoms with E-state index in [0.29, 0.717) is 17.8 Å². The number of pyridine rings is 1. The molecule has 2 aromatic heterocycles. The van der Waals surface area contributed by atoms with E-state index >= 15 is 0 Å². The van der Waals surface area contributed by atoms with Crippen LogP contribution in [-0.4, -0.2) is 28.3 Å². The van der Waals surface area contributed by atoms with Crippen LogP contribution >= 0.6 is 11.6 Å². The minimum absolute atomic E-state index is 0.0588. The van der Waals surface area contributed by atoms with Gasteiger partial charge in [0.05, 0.1) is 22.8 Å². The van der Waals surface area contributed by atoms with Gasteiger partial charge in [0.2, 0.25) is 10.0 Å². The largest absolute Gasteiger partial charge is 0.419 e. The fraction of sp³-hybridized carbons (Fsp3) is 0.333. The van der Waals surface area contributed by atoms with Crippen molar-refractivity contribution < 1.29 is 12.8 Å². The Morgan fingerprint density at radius 3 is 2.74 bits per heavy atom. The molecule has 3 aromatic rings. The minimum atomic E-state index is -3.88. The monoisotopic (exact) mass is 407 g/mol. The number of aromatic nitrogens is 2. The third-order valence-corrected chi connectivity index (χ3v) is 6.99. The number of halogens is 1. The first-order valence-electron chi connectivity index (χ1n) is 8.66. The first kappa shape index (κ1) is 18.2. The lowest BCUT2D eigenvalue weighted by Crippen LogP contribution is -2.33. The smallest absolute Gasteiger partial charge is 0.408 e. The summed E-state index contributed by atoms with van der Waals surface area (Å²) in [5.41, 5.74) is 1.35. The summed E-state index contributed by atoms with van der Waals surface area (Å²) in [5, 5.41) is 0.0668. The number of hydrogen-bond donors (Lipinski definition) is 0. The van der Waals surface area contributed by atoms with Crippen LogP contribution in [0.3, 0.4) is 0 Å². The van der Waals surface area contributed by atoms with Gasteiger partial charge in [-0.15, -0.1) is 0 Å². The molecule has 0 aliphatic heterocycles. The predicted octanol–water partition coefficient (Wildman–Crippen LogP) is 3.02. The van der Waals surface area contributed by atoms with E-state index in [9.17, 15) is 13.2 Å². The summed E-state index contributed by atoms with van der Waals surface area (Å²) >= 11 is 6.32. The highest BCUT2D eigenvalue weighted by atomic mass is 35.5. The molecule has 1 fully saturated rings. The molecule has 0 bridgehead atoms. The van der Waals surface area contributed by atoms with Gasteiger partial charge in [0.25, 0.3) is 0 Å². The van der Waals surface area contributed by atoms with Crippen LogP contribution in [0.5, 0.6) is 0 Å². The van der Waals surface area contributed by atoms with Crippen molar-refractivity contribution in [3.63, 3.8) is 0 Å². The van der Waals surface area contributed by atoms with Gasteiger partial charge in [-0.2, -0.15) is 4.31 Å². The van der Waals surface area contributed by atoms with E-state index in [1.165, 1.54) is 21.0 Å². The van der Waals surface area contributed by atoms with E-state index in [0.717, 1.165) is 12.8 Å². The second-order valence-electron chi connectivity index (χ2n) is 6.47. The molecule has 0 unspecified atom stereocenters. The van der Waals surface area contributed by atoms with Crippen molar-refractivity contribution in [3.8, 4) is 0 Å². The summed E-state index contributed by atoms with van der Waals surface area (Å²) in [6.45, 7) is 2.38. The molecule has 0 N–H and O–H groups in total. The average Bonchev–Trinajstić information content (AvgIpc) is 3.43. The highest BCUT2D eigenvalue weighted by molar-refractivity contribution is 7.89. The lowest BCUT2D eigenvalue weighted by atomic mass is 10.3. The second-order valence-corrected chi connectivity index (χ2v) is 8.73. The maximum Gasteiger partial charge on any atom is 0.419 e. The van der Waals surface area contributed by atoms with Crippen LogP contribution in [0.4, 0.5) is 0 Å². The number of sulfonamides is 1. The molecule has 7 nitrogen and oxygen atoms in total. The van der Waals surface area contributed by atoms with Gasteiger partial charge in [-0.1, -0.05) is 17.7 Å². The van der Waals surface area contributed by atoms with Crippen molar-refractivity contribution in [1.29, 1.82) is 0 Å². The minimum Gasteiger partial charge on any atom is -0.408 e. The van der Waals surface area contributed by atoms with E-state index < -0.39 is 15.8 Å². The summed E-state index contributed by atoms with van der Waals surface area (Å²) in [5.74, 6) is -0.536. The summed E-state index contributed by atoms with van der Waals surface area (Å²) in [6, 6.07) is 8.14. The van der Waals surface area contributed by atoms with Gasteiger partial charge < -0.3 is 4.42 Å². The Morgan fingerprint density at radius 1 is 1.33 bits per heavy atom. The molecular weight excluding hydrogens is 390 g/mol. The zero-order chi connectivity index (χ0) is 19.2. The predicted molar refractivity (Wildman–Crippen MR) is 101 cm³/mol. The Balaban J connectivity index is 1.80. The Bertz CT molecular complexity index is 1150. The topological polar surface area (TPSA) is 85.4 Å². The van der Waals surface area contributed by atoms with Gasteiger partial charge in [0, 0.05) is 24.8 Å². The van der Waals surface area contributed by atoms with Crippen molar-refractivity contribution in [2.24, 2.45) is 0 Å². The molecule has 4 rings (SSSR count). The zero-order valence-electron chi connectivity index (χ0n) is 14.6. The molecule has 0 spiro atoms. The number of rotatable bonds is 6. The van der Waals surface area contributed by atoms with Crippen molar-refractivity contribution in [2.75, 3.05) is 0 Å². The van der Waals surface area contributed by atoms with Gasteiger partial charge in [0.15, 0.2) is 5.58 Å². The fourth-order valence-corrected chi connectivity index (χ4v) is 5.28. The quantitative estimate of drug-likeness (QED) is 0.627. The van der Waals surface area contributed by atoms with Gasteiger partial charge in [0.1, 0.15) is 4.90 Å². The third kappa shape index (κ3) is 3.28. The van der Waals surface area contributed by atoms with Gasteiger partial charge in [-0.3, -0.25) is 9.55 Å². The van der Waals surface area contributed by atoms with E-state index in [4.69, 9.17) is 16.0 Å². The van der Waals surface area contributed by atoms with Crippen LogP contribution in [0.25, 0.3) is 11.1 Å². The second kappa shape index (κ2) is 6.78. The molecule has 1 aliphatic rings. The van der Waals surface area contributed by atoms with Crippen LogP contribution in [0.2, 0.25) is 5.02 Å². The van der Waals surface area contributed by atoms with Crippen LogP contribution in [0.1, 0.15) is 25.5 Å². The highest BCUT2D eigenvalue weighted by Gasteiger charge is 2.39. The molecule has 0 radical (unpaired) electrons. The number of aryl methyl sites for hydroxylation is 1. The van der Waals surface area contributed by atoms with E-state index in [1.54, 1.807) is 25.3 Å². The van der Waals surface area contributed by atoms with Crippen LogP contribution in [0, 0.1) is 0 Å². The summed E-state index contributed by atoms with van der Waals surface area (Å²) in [6.07, 6.45) is 3.23. The Labute approximate surface area is 161 Å². The maximum atomic E-state index is 13.3. The average molecular weight is 408 g/mol. The maximum absolute atomic E-state index is 13.3. The van der Waals surface area contributed by atoms with Crippen LogP contribution < -0.4 is 5.76 Å². The molecule has 0 amide bonds. The Kier molecular flexibility index (Phi) is 4.57. The molecule has 1 aliphatic carbocycles. The van der Waals surface area contributed by atoms with Crippen molar-refractivity contribution in [2.45, 2.75) is 43.8 Å². The third-order valence-electron chi connectivity index (χ3n) is 4.62. The highest BCUT2D eigenvalue weighted by Crippen LogP contribution is 2.36. The first-order valence-corrected chi connectivity index (χ1v) is 10.5. The number of nitrogens with zero attached hydrogens (tertiary/aromatic N) is 3. The normalized spacial score (nSPS) is 14.9. The SMILES string of the molecule is CCn1c(=O)oc2cc(S(=O)(=O)N(Cc3ccccn3)C3CC3)c(Cl)cc21. The lowest BCUT2D eigenvalue weighted by Gasteiger charge is -2.22. The molecule has 142 valence electrons. The van der Waals surface area contributed by atoms with Crippen molar-refractivity contribution in [3.05, 3.63) is 57.8 Å². The zero-order valence-corrected chi connectivity index (χ0v) is 16.2. The van der Waals surface area contributed by atoms with E-state index in [1.807, 2.05) is 6.07 Å². The van der Waals surface area contributed by atoms with E-state index in [-0.39, 0.29) is 28.1 Å². The number of benzene rings is 1. The Morgan fingerprint density at radius 2 is 2.11 bits per heavy atom.